The Labute approximate surface area is 122 Å². The van der Waals surface area contributed by atoms with Gasteiger partial charge in [-0.2, -0.15) is 0 Å². The van der Waals surface area contributed by atoms with Crippen LogP contribution in [0.15, 0.2) is 36.9 Å². The van der Waals surface area contributed by atoms with Crippen molar-refractivity contribution in [3.05, 3.63) is 48.0 Å². The van der Waals surface area contributed by atoms with Gasteiger partial charge in [-0.1, -0.05) is 6.07 Å². The molecule has 1 atom stereocenters. The molecule has 0 saturated heterocycles. The van der Waals surface area contributed by atoms with Crippen LogP contribution >= 0.6 is 0 Å². The van der Waals surface area contributed by atoms with Gasteiger partial charge in [-0.05, 0) is 42.5 Å². The van der Waals surface area contributed by atoms with E-state index in [4.69, 9.17) is 5.73 Å². The van der Waals surface area contributed by atoms with Crippen LogP contribution in [-0.2, 0) is 6.42 Å². The van der Waals surface area contributed by atoms with Crippen LogP contribution in [0.2, 0.25) is 0 Å². The molecule has 0 spiro atoms. The Morgan fingerprint density at radius 3 is 3.24 bits per heavy atom. The first-order valence-electron chi connectivity index (χ1n) is 7.10. The molecule has 1 aliphatic rings. The molecule has 21 heavy (non-hydrogen) atoms. The fourth-order valence-electron chi connectivity index (χ4n) is 3.01. The number of aryl methyl sites for hydroxylation is 1. The van der Waals surface area contributed by atoms with E-state index in [2.05, 4.69) is 32.6 Å². The Morgan fingerprint density at radius 2 is 2.29 bits per heavy atom. The lowest BCUT2D eigenvalue weighted by atomic mass is 9.87. The third kappa shape index (κ3) is 2.08. The van der Waals surface area contributed by atoms with Crippen molar-refractivity contribution in [2.45, 2.75) is 25.3 Å². The Hall–Kier alpha value is -2.63. The minimum absolute atomic E-state index is 0.241. The lowest BCUT2D eigenvalue weighted by Crippen LogP contribution is -2.18. The highest BCUT2D eigenvalue weighted by atomic mass is 15.2. The zero-order valence-corrected chi connectivity index (χ0v) is 11.5. The monoisotopic (exact) mass is 280 g/mol. The highest BCUT2D eigenvalue weighted by molar-refractivity contribution is 5.62. The molecule has 0 saturated carbocycles. The van der Waals surface area contributed by atoms with E-state index in [1.165, 1.54) is 11.1 Å². The summed E-state index contributed by atoms with van der Waals surface area (Å²) >= 11 is 0. The second-order valence-corrected chi connectivity index (χ2v) is 5.39. The molecule has 0 bridgehead atoms. The molecular weight excluding hydrogens is 264 g/mol. The van der Waals surface area contributed by atoms with Crippen LogP contribution in [-0.4, -0.2) is 19.6 Å². The van der Waals surface area contributed by atoms with E-state index >= 15 is 0 Å². The highest BCUT2D eigenvalue weighted by Crippen LogP contribution is 2.33. The van der Waals surface area contributed by atoms with Crippen LogP contribution in [0.3, 0.4) is 0 Å². The fraction of sp³-hybridized carbons (Fsp3) is 0.267. The molecule has 6 nitrogen and oxygen atoms in total. The number of aromatic nitrogens is 4. The predicted molar refractivity (Wildman–Crippen MR) is 80.9 cm³/mol. The molecule has 1 unspecified atom stereocenters. The van der Waals surface area contributed by atoms with Gasteiger partial charge in [0.1, 0.15) is 6.33 Å². The first-order valence-corrected chi connectivity index (χ1v) is 7.10. The number of nitrogens with two attached hydrogens (primary N) is 1. The highest BCUT2D eigenvalue weighted by Gasteiger charge is 2.21. The van der Waals surface area contributed by atoms with Crippen molar-refractivity contribution in [3.63, 3.8) is 0 Å². The fourth-order valence-corrected chi connectivity index (χ4v) is 3.01. The lowest BCUT2D eigenvalue weighted by Gasteiger charge is -2.27. The van der Waals surface area contributed by atoms with Crippen LogP contribution in [0, 0.1) is 0 Å². The van der Waals surface area contributed by atoms with Crippen molar-refractivity contribution in [1.82, 2.24) is 19.6 Å². The minimum atomic E-state index is 0.241. The second-order valence-electron chi connectivity index (χ2n) is 5.39. The number of nitrogens with zero attached hydrogens (tertiary/aromatic N) is 4. The third-order valence-corrected chi connectivity index (χ3v) is 4.01. The number of rotatable bonds is 2. The van der Waals surface area contributed by atoms with Crippen LogP contribution in [0.4, 0.5) is 11.5 Å². The van der Waals surface area contributed by atoms with E-state index < -0.39 is 0 Å². The molecule has 106 valence electrons. The first kappa shape index (κ1) is 12.1. The minimum Gasteiger partial charge on any atom is -0.399 e. The Morgan fingerprint density at radius 1 is 1.33 bits per heavy atom. The van der Waals surface area contributed by atoms with Crippen molar-refractivity contribution in [1.29, 1.82) is 0 Å². The van der Waals surface area contributed by atoms with Crippen molar-refractivity contribution >= 4 is 17.2 Å². The molecule has 0 radical (unpaired) electrons. The van der Waals surface area contributed by atoms with E-state index in [0.717, 1.165) is 36.4 Å². The smallest absolute Gasteiger partial charge is 0.203 e. The van der Waals surface area contributed by atoms with Gasteiger partial charge in [0, 0.05) is 18.1 Å². The summed E-state index contributed by atoms with van der Waals surface area (Å²) in [6.45, 7) is 0. The number of nitrogens with one attached hydrogen (secondary N) is 1. The van der Waals surface area contributed by atoms with Gasteiger partial charge in [0.25, 0.3) is 0 Å². The lowest BCUT2D eigenvalue weighted by molar-refractivity contribution is 0.599. The van der Waals surface area contributed by atoms with Gasteiger partial charge >= 0.3 is 0 Å². The van der Waals surface area contributed by atoms with Crippen molar-refractivity contribution in [3.8, 4) is 0 Å². The predicted octanol–water partition coefficient (Wildman–Crippen LogP) is 2.20. The van der Waals surface area contributed by atoms with Gasteiger partial charge in [0.05, 0.1) is 6.04 Å². The van der Waals surface area contributed by atoms with Crippen LogP contribution < -0.4 is 11.1 Å². The summed E-state index contributed by atoms with van der Waals surface area (Å²) in [5, 5.41) is 11.6. The quantitative estimate of drug-likeness (QED) is 0.703. The number of nitrogen functional groups attached to an aromatic ring is 1. The number of anilines is 2. The average molecular weight is 280 g/mol. The SMILES string of the molecule is Nc1ccc2c(c1)CCCC2Nc1nccn2cnnc12. The van der Waals surface area contributed by atoms with Gasteiger partial charge < -0.3 is 11.1 Å². The molecule has 3 N–H and O–H groups in total. The Bertz CT molecular complexity index is 794. The average Bonchev–Trinajstić information content (AvgIpc) is 2.97. The standard InChI is InChI=1S/C15H16N6/c16-11-4-5-12-10(8-11)2-1-3-13(12)19-14-15-20-18-9-21(15)7-6-17-14/h4-9,13H,1-3,16H2,(H,17,19). The van der Waals surface area contributed by atoms with Crippen molar-refractivity contribution in [2.75, 3.05) is 11.1 Å². The van der Waals surface area contributed by atoms with Gasteiger partial charge in [0.2, 0.25) is 5.65 Å². The van der Waals surface area contributed by atoms with Gasteiger partial charge in [0.15, 0.2) is 5.82 Å². The summed E-state index contributed by atoms with van der Waals surface area (Å²) in [6.07, 6.45) is 8.58. The molecule has 4 rings (SSSR count). The summed E-state index contributed by atoms with van der Waals surface area (Å²) < 4.78 is 1.86. The number of benzene rings is 1. The van der Waals surface area contributed by atoms with Crippen LogP contribution in [0.5, 0.6) is 0 Å². The zero-order valence-electron chi connectivity index (χ0n) is 11.5. The Kier molecular flexibility index (Phi) is 2.73. The number of hydrogen-bond acceptors (Lipinski definition) is 5. The normalized spacial score (nSPS) is 17.6. The maximum atomic E-state index is 5.89. The molecule has 1 aromatic carbocycles. The summed E-state index contributed by atoms with van der Waals surface area (Å²) in [6, 6.07) is 6.40. The molecular formula is C15H16N6. The maximum absolute atomic E-state index is 5.89. The second kappa shape index (κ2) is 4.73. The van der Waals surface area contributed by atoms with E-state index in [1.807, 2.05) is 16.7 Å². The first-order chi connectivity index (χ1) is 10.3. The molecule has 0 fully saturated rings. The van der Waals surface area contributed by atoms with Gasteiger partial charge in [-0.15, -0.1) is 10.2 Å². The van der Waals surface area contributed by atoms with Crippen LogP contribution in [0.25, 0.3) is 5.65 Å². The third-order valence-electron chi connectivity index (χ3n) is 4.01. The zero-order chi connectivity index (χ0) is 14.2. The molecule has 2 aromatic heterocycles. The molecule has 2 heterocycles. The number of fused-ring (bicyclic) bond motifs is 2. The van der Waals surface area contributed by atoms with E-state index in [0.29, 0.717) is 0 Å². The molecule has 3 aromatic rings. The number of hydrogen-bond donors (Lipinski definition) is 2. The molecule has 0 aliphatic heterocycles. The summed E-state index contributed by atoms with van der Waals surface area (Å²) in [4.78, 5) is 4.40. The Balaban J connectivity index is 1.71. The summed E-state index contributed by atoms with van der Waals surface area (Å²) in [5.41, 5.74) is 10.1. The van der Waals surface area contributed by atoms with Gasteiger partial charge in [-0.25, -0.2) is 4.98 Å². The summed E-state index contributed by atoms with van der Waals surface area (Å²) in [7, 11) is 0. The van der Waals surface area contributed by atoms with Crippen molar-refractivity contribution < 1.29 is 0 Å². The molecule has 0 amide bonds. The van der Waals surface area contributed by atoms with E-state index in [9.17, 15) is 0 Å². The van der Waals surface area contributed by atoms with E-state index in [-0.39, 0.29) is 6.04 Å². The maximum Gasteiger partial charge on any atom is 0.203 e. The summed E-state index contributed by atoms with van der Waals surface area (Å²) in [5.74, 6) is 0.768. The van der Waals surface area contributed by atoms with E-state index in [1.54, 1.807) is 12.5 Å². The molecule has 6 heteroatoms. The topological polar surface area (TPSA) is 81.1 Å². The van der Waals surface area contributed by atoms with Crippen molar-refractivity contribution in [2.24, 2.45) is 0 Å². The van der Waals surface area contributed by atoms with Crippen LogP contribution in [0.1, 0.15) is 30.0 Å². The van der Waals surface area contributed by atoms with Gasteiger partial charge in [-0.3, -0.25) is 4.40 Å². The largest absolute Gasteiger partial charge is 0.399 e. The molecule has 1 aliphatic carbocycles.